The van der Waals surface area contributed by atoms with Crippen molar-refractivity contribution in [2.24, 2.45) is 0 Å². The predicted molar refractivity (Wildman–Crippen MR) is 70.6 cm³/mol. The highest BCUT2D eigenvalue weighted by molar-refractivity contribution is 5.69. The summed E-state index contributed by atoms with van der Waals surface area (Å²) >= 11 is 0. The van der Waals surface area contributed by atoms with Crippen molar-refractivity contribution in [1.29, 1.82) is 0 Å². The Hall–Kier alpha value is -1.55. The van der Waals surface area contributed by atoms with Gasteiger partial charge in [0.2, 0.25) is 0 Å². The van der Waals surface area contributed by atoms with Gasteiger partial charge in [-0.1, -0.05) is 12.1 Å². The number of ether oxygens (including phenoxy) is 2. The number of esters is 1. The second-order valence-electron chi connectivity index (χ2n) is 4.40. The van der Waals surface area contributed by atoms with Crippen LogP contribution >= 0.6 is 0 Å². The minimum atomic E-state index is -0.181. The summed E-state index contributed by atoms with van der Waals surface area (Å²) in [5, 5.41) is 0. The summed E-state index contributed by atoms with van der Waals surface area (Å²) in [6, 6.07) is 8.07. The lowest BCUT2D eigenvalue weighted by molar-refractivity contribution is -0.141. The van der Waals surface area contributed by atoms with Crippen LogP contribution in [0.2, 0.25) is 0 Å². The van der Waals surface area contributed by atoms with Gasteiger partial charge in [0.25, 0.3) is 0 Å². The van der Waals surface area contributed by atoms with Crippen LogP contribution in [0.4, 0.5) is 0 Å². The molecule has 0 saturated heterocycles. The zero-order valence-electron chi connectivity index (χ0n) is 11.5. The molecule has 0 N–H and O–H groups in total. The van der Waals surface area contributed by atoms with Gasteiger partial charge >= 0.3 is 5.97 Å². The molecule has 0 aliphatic rings. The first-order valence-corrected chi connectivity index (χ1v) is 5.96. The van der Waals surface area contributed by atoms with E-state index in [1.807, 2.05) is 38.2 Å². The summed E-state index contributed by atoms with van der Waals surface area (Å²) in [4.78, 5) is 13.3. The maximum Gasteiger partial charge on any atom is 0.307 e. The SMILES string of the molecule is COC(=O)CC(C)N(C)Cc1cccc(OC)c1. The zero-order chi connectivity index (χ0) is 13.5. The van der Waals surface area contributed by atoms with Crippen LogP contribution in [0.15, 0.2) is 24.3 Å². The van der Waals surface area contributed by atoms with Gasteiger partial charge in [0, 0.05) is 12.6 Å². The third kappa shape index (κ3) is 4.37. The third-order valence-corrected chi connectivity index (χ3v) is 3.01. The second-order valence-corrected chi connectivity index (χ2v) is 4.40. The topological polar surface area (TPSA) is 38.8 Å². The highest BCUT2D eigenvalue weighted by Crippen LogP contribution is 2.15. The minimum Gasteiger partial charge on any atom is -0.497 e. The number of rotatable bonds is 6. The molecule has 0 heterocycles. The lowest BCUT2D eigenvalue weighted by atomic mass is 10.1. The summed E-state index contributed by atoms with van der Waals surface area (Å²) in [7, 11) is 5.06. The predicted octanol–water partition coefficient (Wildman–Crippen LogP) is 2.08. The normalized spacial score (nSPS) is 12.3. The van der Waals surface area contributed by atoms with E-state index in [1.54, 1.807) is 7.11 Å². The molecule has 0 spiro atoms. The van der Waals surface area contributed by atoms with E-state index in [0.717, 1.165) is 17.9 Å². The van der Waals surface area contributed by atoms with Crippen molar-refractivity contribution in [3.05, 3.63) is 29.8 Å². The second kappa shape index (κ2) is 7.01. The number of benzene rings is 1. The van der Waals surface area contributed by atoms with Crippen LogP contribution in [0.5, 0.6) is 5.75 Å². The van der Waals surface area contributed by atoms with Gasteiger partial charge in [-0.3, -0.25) is 9.69 Å². The van der Waals surface area contributed by atoms with Crippen molar-refractivity contribution in [2.75, 3.05) is 21.3 Å². The van der Waals surface area contributed by atoms with Gasteiger partial charge in [-0.25, -0.2) is 0 Å². The van der Waals surface area contributed by atoms with E-state index < -0.39 is 0 Å². The largest absolute Gasteiger partial charge is 0.497 e. The van der Waals surface area contributed by atoms with Crippen LogP contribution in [0.1, 0.15) is 18.9 Å². The quantitative estimate of drug-likeness (QED) is 0.726. The standard InChI is InChI=1S/C14H21NO3/c1-11(8-14(16)18-4)15(2)10-12-6-5-7-13(9-12)17-3/h5-7,9,11H,8,10H2,1-4H3. The van der Waals surface area contributed by atoms with Crippen LogP contribution in [-0.4, -0.2) is 38.2 Å². The molecule has 0 fully saturated rings. The number of methoxy groups -OCH3 is 2. The number of carbonyl (C=O) groups excluding carboxylic acids is 1. The van der Waals surface area contributed by atoms with Crippen molar-refractivity contribution >= 4 is 5.97 Å². The van der Waals surface area contributed by atoms with E-state index in [9.17, 15) is 4.79 Å². The number of carbonyl (C=O) groups is 1. The molecular weight excluding hydrogens is 230 g/mol. The van der Waals surface area contributed by atoms with Crippen molar-refractivity contribution < 1.29 is 14.3 Å². The molecule has 1 aromatic carbocycles. The van der Waals surface area contributed by atoms with Gasteiger partial charge < -0.3 is 9.47 Å². The van der Waals surface area contributed by atoms with Gasteiger partial charge in [-0.15, -0.1) is 0 Å². The van der Waals surface area contributed by atoms with E-state index in [1.165, 1.54) is 7.11 Å². The smallest absolute Gasteiger partial charge is 0.307 e. The molecule has 1 rings (SSSR count). The number of nitrogens with zero attached hydrogens (tertiary/aromatic N) is 1. The van der Waals surface area contributed by atoms with Crippen LogP contribution in [0, 0.1) is 0 Å². The number of hydrogen-bond acceptors (Lipinski definition) is 4. The average Bonchev–Trinajstić information content (AvgIpc) is 2.38. The van der Waals surface area contributed by atoms with Crippen molar-refractivity contribution in [3.63, 3.8) is 0 Å². The highest BCUT2D eigenvalue weighted by atomic mass is 16.5. The molecule has 0 saturated carbocycles. The summed E-state index contributed by atoms with van der Waals surface area (Å²) < 4.78 is 9.86. The zero-order valence-corrected chi connectivity index (χ0v) is 11.5. The molecule has 0 bridgehead atoms. The Bertz CT molecular complexity index is 392. The molecule has 0 radical (unpaired) electrons. The van der Waals surface area contributed by atoms with Crippen molar-refractivity contribution in [1.82, 2.24) is 4.90 Å². The summed E-state index contributed by atoms with van der Waals surface area (Å²) in [5.74, 6) is 0.668. The Morgan fingerprint density at radius 1 is 1.39 bits per heavy atom. The lowest BCUT2D eigenvalue weighted by Gasteiger charge is -2.23. The Morgan fingerprint density at radius 3 is 2.72 bits per heavy atom. The first-order chi connectivity index (χ1) is 8.56. The van der Waals surface area contributed by atoms with Crippen molar-refractivity contribution in [3.8, 4) is 5.75 Å². The van der Waals surface area contributed by atoms with E-state index in [4.69, 9.17) is 4.74 Å². The van der Waals surface area contributed by atoms with Crippen LogP contribution < -0.4 is 4.74 Å². The molecule has 1 unspecified atom stereocenters. The Morgan fingerprint density at radius 2 is 2.11 bits per heavy atom. The minimum absolute atomic E-state index is 0.142. The van der Waals surface area contributed by atoms with Crippen molar-refractivity contribution in [2.45, 2.75) is 25.9 Å². The van der Waals surface area contributed by atoms with E-state index in [2.05, 4.69) is 9.64 Å². The first-order valence-electron chi connectivity index (χ1n) is 5.96. The third-order valence-electron chi connectivity index (χ3n) is 3.01. The number of hydrogen-bond donors (Lipinski definition) is 0. The summed E-state index contributed by atoms with van der Waals surface area (Å²) in [5.41, 5.74) is 1.16. The molecule has 100 valence electrons. The van der Waals surface area contributed by atoms with E-state index >= 15 is 0 Å². The summed E-state index contributed by atoms with van der Waals surface area (Å²) in [6.07, 6.45) is 0.400. The lowest BCUT2D eigenvalue weighted by Crippen LogP contribution is -2.31. The molecular formula is C14H21NO3. The average molecular weight is 251 g/mol. The molecule has 18 heavy (non-hydrogen) atoms. The van der Waals surface area contributed by atoms with Gasteiger partial charge in [-0.2, -0.15) is 0 Å². The molecule has 4 nitrogen and oxygen atoms in total. The molecule has 0 aliphatic heterocycles. The Labute approximate surface area is 108 Å². The Balaban J connectivity index is 2.57. The fourth-order valence-electron chi connectivity index (χ4n) is 1.70. The van der Waals surface area contributed by atoms with Crippen LogP contribution in [-0.2, 0) is 16.1 Å². The molecule has 0 aliphatic carbocycles. The maximum absolute atomic E-state index is 11.2. The van der Waals surface area contributed by atoms with E-state index in [-0.39, 0.29) is 12.0 Å². The fraction of sp³-hybridized carbons (Fsp3) is 0.500. The molecule has 0 amide bonds. The van der Waals surface area contributed by atoms with Gasteiger partial charge in [0.1, 0.15) is 5.75 Å². The van der Waals surface area contributed by atoms with Crippen LogP contribution in [0.3, 0.4) is 0 Å². The molecule has 1 aromatic rings. The summed E-state index contributed by atoms with van der Waals surface area (Å²) in [6.45, 7) is 2.78. The first kappa shape index (κ1) is 14.5. The fourth-order valence-corrected chi connectivity index (χ4v) is 1.70. The van der Waals surface area contributed by atoms with E-state index in [0.29, 0.717) is 6.42 Å². The maximum atomic E-state index is 11.2. The van der Waals surface area contributed by atoms with Crippen LogP contribution in [0.25, 0.3) is 0 Å². The van der Waals surface area contributed by atoms with Gasteiger partial charge in [-0.05, 0) is 31.7 Å². The molecule has 0 aromatic heterocycles. The monoisotopic (exact) mass is 251 g/mol. The molecule has 1 atom stereocenters. The van der Waals surface area contributed by atoms with Gasteiger partial charge in [0.05, 0.1) is 20.6 Å². The van der Waals surface area contributed by atoms with Gasteiger partial charge in [0.15, 0.2) is 0 Å². The molecule has 4 heteroatoms. The Kier molecular flexibility index (Phi) is 5.65. The highest BCUT2D eigenvalue weighted by Gasteiger charge is 2.14.